The predicted octanol–water partition coefficient (Wildman–Crippen LogP) is 4.04. The molecule has 9 heteroatoms. The van der Waals surface area contributed by atoms with Crippen LogP contribution in [0, 0.1) is 5.92 Å². The van der Waals surface area contributed by atoms with Gasteiger partial charge in [-0.3, -0.25) is 4.79 Å². The number of hydrogen-bond donors (Lipinski definition) is 1. The quantitative estimate of drug-likeness (QED) is 0.498. The maximum absolute atomic E-state index is 12.7. The summed E-state index contributed by atoms with van der Waals surface area (Å²) in [5.41, 5.74) is 1.61. The largest absolute Gasteiger partial charge is 0.356 e. The number of benzene rings is 1. The molecule has 3 aromatic rings. The minimum atomic E-state index is 0.0726. The van der Waals surface area contributed by atoms with Crippen LogP contribution in [0.3, 0.4) is 0 Å². The first-order valence-electron chi connectivity index (χ1n) is 12.8. The molecule has 5 rings (SSSR count). The van der Waals surface area contributed by atoms with Crippen molar-refractivity contribution in [2.24, 2.45) is 5.92 Å². The molecule has 2 fully saturated rings. The SMILES string of the molecule is C[C@H]1CCCCN1CCCNC(=O)C1CCN(c2ccc3nnc(-c4ccc(Cl)cc4)n3n2)CC1. The molecule has 1 amide bonds. The third-order valence-corrected chi connectivity index (χ3v) is 7.65. The number of carbonyl (C=O) groups is 1. The van der Waals surface area contributed by atoms with E-state index in [0.717, 1.165) is 56.8 Å². The lowest BCUT2D eigenvalue weighted by atomic mass is 9.96. The Morgan fingerprint density at radius 1 is 1.03 bits per heavy atom. The van der Waals surface area contributed by atoms with Crippen molar-refractivity contribution in [1.82, 2.24) is 30.0 Å². The van der Waals surface area contributed by atoms with E-state index in [4.69, 9.17) is 16.7 Å². The summed E-state index contributed by atoms with van der Waals surface area (Å²) in [5, 5.41) is 17.3. The van der Waals surface area contributed by atoms with Gasteiger partial charge in [0.05, 0.1) is 0 Å². The summed E-state index contributed by atoms with van der Waals surface area (Å²) in [4.78, 5) is 17.5. The Morgan fingerprint density at radius 3 is 2.60 bits per heavy atom. The second-order valence-corrected chi connectivity index (χ2v) is 10.2. The molecule has 0 radical (unpaired) electrons. The summed E-state index contributed by atoms with van der Waals surface area (Å²) in [7, 11) is 0. The molecule has 8 nitrogen and oxygen atoms in total. The molecule has 186 valence electrons. The number of rotatable bonds is 7. The normalized spacial score (nSPS) is 19.8. The molecule has 2 aliphatic rings. The van der Waals surface area contributed by atoms with Crippen molar-refractivity contribution in [2.45, 2.75) is 51.5 Å². The molecule has 2 aliphatic heterocycles. The summed E-state index contributed by atoms with van der Waals surface area (Å²) in [6, 6.07) is 12.1. The van der Waals surface area contributed by atoms with Gasteiger partial charge in [-0.2, -0.15) is 4.52 Å². The van der Waals surface area contributed by atoms with Crippen molar-refractivity contribution in [3.05, 3.63) is 41.4 Å². The van der Waals surface area contributed by atoms with Crippen LogP contribution >= 0.6 is 11.6 Å². The van der Waals surface area contributed by atoms with Crippen LogP contribution in [0.2, 0.25) is 5.02 Å². The van der Waals surface area contributed by atoms with Gasteiger partial charge in [-0.05, 0) is 82.0 Å². The van der Waals surface area contributed by atoms with E-state index in [2.05, 4.69) is 32.2 Å². The first-order valence-corrected chi connectivity index (χ1v) is 13.2. The Hall–Kier alpha value is -2.71. The van der Waals surface area contributed by atoms with Crippen LogP contribution in [0.5, 0.6) is 0 Å². The van der Waals surface area contributed by atoms with E-state index in [-0.39, 0.29) is 11.8 Å². The van der Waals surface area contributed by atoms with Crippen LogP contribution in [0.4, 0.5) is 5.82 Å². The first kappa shape index (κ1) is 24.0. The number of hydrogen-bond acceptors (Lipinski definition) is 6. The van der Waals surface area contributed by atoms with Gasteiger partial charge >= 0.3 is 0 Å². The Morgan fingerprint density at radius 2 is 1.83 bits per heavy atom. The number of aromatic nitrogens is 4. The van der Waals surface area contributed by atoms with E-state index < -0.39 is 0 Å². The van der Waals surface area contributed by atoms with Gasteiger partial charge in [0.25, 0.3) is 0 Å². The van der Waals surface area contributed by atoms with E-state index in [1.54, 1.807) is 4.52 Å². The van der Waals surface area contributed by atoms with Crippen LogP contribution in [0.1, 0.15) is 45.4 Å². The van der Waals surface area contributed by atoms with Crippen LogP contribution in [-0.2, 0) is 4.79 Å². The molecule has 2 aromatic heterocycles. The molecule has 1 atom stereocenters. The summed E-state index contributed by atoms with van der Waals surface area (Å²) < 4.78 is 1.78. The van der Waals surface area contributed by atoms with E-state index in [1.165, 1.54) is 25.8 Å². The molecule has 0 unspecified atom stereocenters. The van der Waals surface area contributed by atoms with Gasteiger partial charge < -0.3 is 15.1 Å². The fourth-order valence-corrected chi connectivity index (χ4v) is 5.35. The lowest BCUT2D eigenvalue weighted by Crippen LogP contribution is -2.42. The monoisotopic (exact) mass is 495 g/mol. The number of amides is 1. The molecule has 1 aromatic carbocycles. The highest BCUT2D eigenvalue weighted by atomic mass is 35.5. The highest BCUT2D eigenvalue weighted by molar-refractivity contribution is 6.30. The second kappa shape index (κ2) is 10.9. The maximum atomic E-state index is 12.7. The van der Waals surface area contributed by atoms with Gasteiger partial charge in [0.1, 0.15) is 5.82 Å². The average Bonchev–Trinajstić information content (AvgIpc) is 3.31. The summed E-state index contributed by atoms with van der Waals surface area (Å²) in [5.74, 6) is 1.83. The molecule has 1 N–H and O–H groups in total. The first-order chi connectivity index (χ1) is 17.1. The zero-order valence-electron chi connectivity index (χ0n) is 20.4. The van der Waals surface area contributed by atoms with Gasteiger partial charge in [-0.25, -0.2) is 0 Å². The van der Waals surface area contributed by atoms with Crippen molar-refractivity contribution in [3.63, 3.8) is 0 Å². The number of nitrogens with zero attached hydrogens (tertiary/aromatic N) is 6. The van der Waals surface area contributed by atoms with E-state index >= 15 is 0 Å². The number of likely N-dealkylation sites (tertiary alicyclic amines) is 1. The number of nitrogens with one attached hydrogen (secondary N) is 1. The van der Waals surface area contributed by atoms with E-state index in [0.29, 0.717) is 22.5 Å². The molecule has 0 aliphatic carbocycles. The maximum Gasteiger partial charge on any atom is 0.223 e. The summed E-state index contributed by atoms with van der Waals surface area (Å²) in [6.07, 6.45) is 6.64. The number of piperidine rings is 2. The topological polar surface area (TPSA) is 78.7 Å². The standard InChI is InChI=1S/C26H34ClN7O/c1-19-5-2-3-15-32(19)16-4-14-28-26(35)21-12-17-33(18-13-21)24-11-10-23-29-30-25(34(23)31-24)20-6-8-22(27)9-7-20/h6-11,19,21H,2-5,12-18H2,1H3,(H,28,35)/t19-/m0/s1. The van der Waals surface area contributed by atoms with Gasteiger partial charge in [0.15, 0.2) is 11.5 Å². The zero-order chi connectivity index (χ0) is 24.2. The lowest BCUT2D eigenvalue weighted by Gasteiger charge is -2.33. The highest BCUT2D eigenvalue weighted by Gasteiger charge is 2.26. The van der Waals surface area contributed by atoms with E-state index in [9.17, 15) is 4.79 Å². The summed E-state index contributed by atoms with van der Waals surface area (Å²) >= 11 is 6.03. The molecule has 2 saturated heterocycles. The van der Waals surface area contributed by atoms with Gasteiger partial charge in [0, 0.05) is 48.7 Å². The van der Waals surface area contributed by atoms with Crippen LogP contribution in [0.15, 0.2) is 36.4 Å². The van der Waals surface area contributed by atoms with E-state index in [1.807, 2.05) is 36.4 Å². The smallest absolute Gasteiger partial charge is 0.223 e. The molecular weight excluding hydrogens is 462 g/mol. The average molecular weight is 496 g/mol. The second-order valence-electron chi connectivity index (χ2n) is 9.78. The number of fused-ring (bicyclic) bond motifs is 1. The van der Waals surface area contributed by atoms with Crippen molar-refractivity contribution >= 4 is 29.0 Å². The summed E-state index contributed by atoms with van der Waals surface area (Å²) in [6.45, 7) is 6.97. The molecule has 0 spiro atoms. The lowest BCUT2D eigenvalue weighted by molar-refractivity contribution is -0.125. The molecule has 0 saturated carbocycles. The minimum absolute atomic E-state index is 0.0726. The number of anilines is 1. The molecule has 4 heterocycles. The Balaban J connectivity index is 1.13. The van der Waals surface area contributed by atoms with Crippen LogP contribution in [-0.4, -0.2) is 69.4 Å². The third kappa shape index (κ3) is 5.59. The highest BCUT2D eigenvalue weighted by Crippen LogP contribution is 2.25. The van der Waals surface area contributed by atoms with Gasteiger partial charge in [-0.1, -0.05) is 18.0 Å². The van der Waals surface area contributed by atoms with Crippen LogP contribution < -0.4 is 10.2 Å². The number of halogens is 1. The van der Waals surface area contributed by atoms with Crippen molar-refractivity contribution in [1.29, 1.82) is 0 Å². The number of carbonyl (C=O) groups excluding carboxylic acids is 1. The van der Waals surface area contributed by atoms with Crippen molar-refractivity contribution in [3.8, 4) is 11.4 Å². The molecular formula is C26H34ClN7O. The molecule has 0 bridgehead atoms. The Labute approximate surface area is 211 Å². The predicted molar refractivity (Wildman–Crippen MR) is 139 cm³/mol. The van der Waals surface area contributed by atoms with Crippen LogP contribution in [0.25, 0.3) is 17.0 Å². The van der Waals surface area contributed by atoms with Crippen molar-refractivity contribution < 1.29 is 4.79 Å². The minimum Gasteiger partial charge on any atom is -0.356 e. The Kier molecular flexibility index (Phi) is 7.48. The van der Waals surface area contributed by atoms with Gasteiger partial charge in [0.2, 0.25) is 5.91 Å². The fourth-order valence-electron chi connectivity index (χ4n) is 5.23. The Bertz CT molecular complexity index is 1140. The van der Waals surface area contributed by atoms with Crippen molar-refractivity contribution in [2.75, 3.05) is 37.6 Å². The zero-order valence-corrected chi connectivity index (χ0v) is 21.1. The fraction of sp³-hybridized carbons (Fsp3) is 0.538. The molecule has 35 heavy (non-hydrogen) atoms. The third-order valence-electron chi connectivity index (χ3n) is 7.40. The van der Waals surface area contributed by atoms with Gasteiger partial charge in [-0.15, -0.1) is 15.3 Å².